The lowest BCUT2D eigenvalue weighted by Crippen LogP contribution is -2.99. The smallest absolute Gasteiger partial charge is 0.306 e. The van der Waals surface area contributed by atoms with Crippen LogP contribution in [0.25, 0.3) is 0 Å². The molecule has 0 fully saturated rings. The molecule has 1 spiro atoms. The number of benzene rings is 2. The number of hydrogen-bond acceptors (Lipinski definition) is 10. The summed E-state index contributed by atoms with van der Waals surface area (Å²) in [7, 11) is 3.91. The van der Waals surface area contributed by atoms with Crippen molar-refractivity contribution in [2.24, 2.45) is 5.92 Å². The third-order valence-corrected chi connectivity index (χ3v) is 7.38. The molecule has 1 heterocycles. The number of aliphatic hydroxyl groups excluding tert-OH is 1. The molecule has 2 aromatic carbocycles. The maximum absolute atomic E-state index is 14.0. The van der Waals surface area contributed by atoms with Crippen molar-refractivity contribution in [3.05, 3.63) is 63.0 Å². The fourth-order valence-electron chi connectivity index (χ4n) is 5.03. The van der Waals surface area contributed by atoms with Gasteiger partial charge in [-0.3, -0.25) is 14.4 Å². The molecule has 2 aliphatic rings. The Hall–Kier alpha value is -3.64. The number of aliphatic hydroxyl groups is 1. The van der Waals surface area contributed by atoms with E-state index >= 15 is 0 Å². The van der Waals surface area contributed by atoms with Gasteiger partial charge in [0.25, 0.3) is 0 Å². The lowest BCUT2D eigenvalue weighted by Gasteiger charge is -2.38. The van der Waals surface area contributed by atoms with Gasteiger partial charge in [0, 0.05) is 42.0 Å². The number of carbonyl (C=O) groups is 3. The first-order valence-corrected chi connectivity index (χ1v) is 11.9. The van der Waals surface area contributed by atoms with Crippen LogP contribution < -0.4 is 19.4 Å². The highest BCUT2D eigenvalue weighted by Crippen LogP contribution is 2.55. The van der Waals surface area contributed by atoms with Crippen molar-refractivity contribution >= 4 is 34.8 Å². The van der Waals surface area contributed by atoms with Gasteiger partial charge in [0.2, 0.25) is 11.4 Å². The minimum Gasteiger partial charge on any atom is -0.595 e. The molecule has 202 valence electrons. The summed E-state index contributed by atoms with van der Waals surface area (Å²) >= 11 is 6.47. The van der Waals surface area contributed by atoms with Crippen molar-refractivity contribution in [1.82, 2.24) is 0 Å². The first-order chi connectivity index (χ1) is 18.0. The van der Waals surface area contributed by atoms with Gasteiger partial charge >= 0.3 is 5.97 Å². The first kappa shape index (κ1) is 27.4. The van der Waals surface area contributed by atoms with Gasteiger partial charge in [0.1, 0.15) is 22.1 Å². The third kappa shape index (κ3) is 4.17. The van der Waals surface area contributed by atoms with Crippen LogP contribution in [0.4, 0.5) is 5.69 Å². The second kappa shape index (κ2) is 10.3. The summed E-state index contributed by atoms with van der Waals surface area (Å²) in [4.78, 5) is 39.7. The minimum absolute atomic E-state index is 0.00993. The van der Waals surface area contributed by atoms with E-state index in [9.17, 15) is 29.9 Å². The van der Waals surface area contributed by atoms with Crippen molar-refractivity contribution in [3.63, 3.8) is 0 Å². The minimum atomic E-state index is -2.02. The number of nitrogens with one attached hydrogen (secondary N) is 1. The molecule has 1 aliphatic carbocycles. The Kier molecular flexibility index (Phi) is 7.39. The number of esters is 1. The highest BCUT2D eigenvalue weighted by Gasteiger charge is 2.61. The van der Waals surface area contributed by atoms with E-state index in [-0.39, 0.29) is 51.9 Å². The number of hydrogen-bond donors (Lipinski definition) is 3. The van der Waals surface area contributed by atoms with Crippen LogP contribution in [0, 0.1) is 11.1 Å². The molecule has 11 nitrogen and oxygen atoms in total. The van der Waals surface area contributed by atoms with E-state index < -0.39 is 46.0 Å². The van der Waals surface area contributed by atoms with Gasteiger partial charge in [-0.25, -0.2) is 5.21 Å². The number of carbonyl (C=O) groups excluding carboxylic acids is 3. The average molecular weight is 548 g/mol. The Balaban J connectivity index is 1.93. The highest BCUT2D eigenvalue weighted by molar-refractivity contribution is 6.35. The van der Waals surface area contributed by atoms with Gasteiger partial charge < -0.3 is 29.3 Å². The van der Waals surface area contributed by atoms with Crippen molar-refractivity contribution in [2.75, 3.05) is 21.3 Å². The second-order valence-electron chi connectivity index (χ2n) is 9.02. The molecule has 2 aromatic rings. The van der Waals surface area contributed by atoms with Gasteiger partial charge in [0.05, 0.1) is 27.8 Å². The van der Waals surface area contributed by atoms with Gasteiger partial charge in [-0.1, -0.05) is 30.7 Å². The lowest BCUT2D eigenvalue weighted by molar-refractivity contribution is -0.991. The van der Waals surface area contributed by atoms with Crippen LogP contribution in [-0.4, -0.2) is 54.8 Å². The van der Waals surface area contributed by atoms with E-state index in [0.29, 0.717) is 5.56 Å². The number of fused-ring (bicyclic) bond motifs is 1. The predicted molar refractivity (Wildman–Crippen MR) is 132 cm³/mol. The Morgan fingerprint density at radius 3 is 2.39 bits per heavy atom. The summed E-state index contributed by atoms with van der Waals surface area (Å²) in [5.41, 5.74) is -1.89. The van der Waals surface area contributed by atoms with Crippen LogP contribution >= 0.6 is 11.6 Å². The summed E-state index contributed by atoms with van der Waals surface area (Å²) < 4.78 is 21.6. The predicted octanol–water partition coefficient (Wildman–Crippen LogP) is 2.84. The standard InChI is InChI=1S/C26H26ClNO10/c1-12-9-16(29)20(15(10-19(30)37-4)13-5-7-14(8-6-13)28(33)34)24(31)26(12)25(32)21-17(35-2)11-18(36-3)22(27)23(21)38-26/h5-8,11-12,15,28,31,33H,9-10H2,1-4H3. The van der Waals surface area contributed by atoms with Crippen LogP contribution in [0.5, 0.6) is 17.2 Å². The third-order valence-electron chi connectivity index (χ3n) is 7.02. The SMILES string of the molecule is COC(=O)CC(C1=C(O)C2(Oc3c(Cl)c(OC)cc(OC)c3C2=O)C(C)CC1=O)c1ccc([NH+]([O-])O)cc1. The van der Waals surface area contributed by atoms with Crippen molar-refractivity contribution in [1.29, 1.82) is 0 Å². The molecule has 0 saturated carbocycles. The van der Waals surface area contributed by atoms with E-state index in [4.69, 9.17) is 30.5 Å². The van der Waals surface area contributed by atoms with E-state index in [1.807, 2.05) is 0 Å². The average Bonchev–Trinajstić information content (AvgIpc) is 3.22. The zero-order chi connectivity index (χ0) is 27.9. The molecule has 4 rings (SSSR count). The Labute approximate surface area is 222 Å². The summed E-state index contributed by atoms with van der Waals surface area (Å²) in [6, 6.07) is 6.93. The first-order valence-electron chi connectivity index (χ1n) is 11.6. The Morgan fingerprint density at radius 1 is 1.21 bits per heavy atom. The molecule has 4 unspecified atom stereocenters. The number of methoxy groups -OCH3 is 3. The Bertz CT molecular complexity index is 1340. The molecule has 12 heteroatoms. The van der Waals surface area contributed by atoms with Crippen molar-refractivity contribution < 1.29 is 48.9 Å². The molecule has 0 amide bonds. The molecule has 0 radical (unpaired) electrons. The number of allylic oxidation sites excluding steroid dienone is 1. The summed E-state index contributed by atoms with van der Waals surface area (Å²) in [5, 5.41) is 31.1. The number of ketones is 2. The zero-order valence-corrected chi connectivity index (χ0v) is 21.7. The largest absolute Gasteiger partial charge is 0.595 e. The van der Waals surface area contributed by atoms with E-state index in [2.05, 4.69) is 0 Å². The molecule has 4 atom stereocenters. The monoisotopic (exact) mass is 547 g/mol. The maximum Gasteiger partial charge on any atom is 0.306 e. The van der Waals surface area contributed by atoms with Gasteiger partial charge in [-0.15, -0.1) is 0 Å². The number of halogens is 1. The molecule has 0 saturated heterocycles. The quantitative estimate of drug-likeness (QED) is 0.348. The topological polar surface area (TPSA) is 156 Å². The summed E-state index contributed by atoms with van der Waals surface area (Å²) in [6.07, 6.45) is -0.557. The lowest BCUT2D eigenvalue weighted by atomic mass is 9.69. The Morgan fingerprint density at radius 2 is 1.84 bits per heavy atom. The van der Waals surface area contributed by atoms with Crippen LogP contribution in [0.1, 0.15) is 41.6 Å². The number of quaternary nitrogens is 1. The fraction of sp³-hybridized carbons (Fsp3) is 0.346. The van der Waals surface area contributed by atoms with Gasteiger partial charge in [-0.2, -0.15) is 5.23 Å². The highest BCUT2D eigenvalue weighted by atomic mass is 35.5. The van der Waals surface area contributed by atoms with Crippen LogP contribution in [0.3, 0.4) is 0 Å². The van der Waals surface area contributed by atoms with E-state index in [1.54, 1.807) is 6.92 Å². The molecule has 3 N–H and O–H groups in total. The number of rotatable bonds is 7. The second-order valence-corrected chi connectivity index (χ2v) is 9.39. The molecule has 1 aliphatic heterocycles. The van der Waals surface area contributed by atoms with Crippen LogP contribution in [0.15, 0.2) is 41.7 Å². The van der Waals surface area contributed by atoms with E-state index in [1.165, 1.54) is 51.7 Å². The summed E-state index contributed by atoms with van der Waals surface area (Å²) in [5.74, 6) is -4.16. The van der Waals surface area contributed by atoms with E-state index in [0.717, 1.165) is 0 Å². The van der Waals surface area contributed by atoms with Gasteiger partial charge in [0.15, 0.2) is 23.0 Å². The van der Waals surface area contributed by atoms with Crippen molar-refractivity contribution in [3.8, 4) is 17.2 Å². The maximum atomic E-state index is 14.0. The normalized spacial score (nSPS) is 22.1. The van der Waals surface area contributed by atoms with Crippen LogP contribution in [-0.2, 0) is 14.3 Å². The number of ether oxygens (including phenoxy) is 4. The molecule has 0 bridgehead atoms. The van der Waals surface area contributed by atoms with Crippen molar-refractivity contribution in [2.45, 2.75) is 31.3 Å². The molecular weight excluding hydrogens is 522 g/mol. The fourth-order valence-corrected chi connectivity index (χ4v) is 5.30. The van der Waals surface area contributed by atoms with Crippen LogP contribution in [0.2, 0.25) is 5.02 Å². The van der Waals surface area contributed by atoms with Gasteiger partial charge in [-0.05, 0) is 5.56 Å². The number of Topliss-reactive ketones (excluding diaryl/α,β-unsaturated/α-hetero) is 2. The molecule has 0 aromatic heterocycles. The molecule has 38 heavy (non-hydrogen) atoms. The zero-order valence-electron chi connectivity index (χ0n) is 21.0. The summed E-state index contributed by atoms with van der Waals surface area (Å²) in [6.45, 7) is 1.59. The molecular formula is C26H26ClNO10.